The SMILES string of the molecule is C=CC(=O)[P+](=O)[O-].[Li+]. The molecule has 0 spiro atoms. The van der Waals surface area contributed by atoms with Gasteiger partial charge in [-0.1, -0.05) is 11.1 Å². The molecule has 0 saturated carbocycles. The number of hydrogen-bond donors (Lipinski definition) is 0. The molecule has 5 heteroatoms. The number of rotatable bonds is 2. The molecule has 1 atom stereocenters. The van der Waals surface area contributed by atoms with E-state index in [-0.39, 0.29) is 18.9 Å². The molecule has 0 aromatic heterocycles. The normalized spacial score (nSPS) is 8.88. The maximum Gasteiger partial charge on any atom is 1.00 e. The third kappa shape index (κ3) is 4.23. The zero-order valence-corrected chi connectivity index (χ0v) is 5.35. The first kappa shape index (κ1) is 10.9. The van der Waals surface area contributed by atoms with Gasteiger partial charge < -0.3 is 4.89 Å². The van der Waals surface area contributed by atoms with Crippen molar-refractivity contribution in [1.82, 2.24) is 0 Å². The number of allylic oxidation sites excluding steroid dienone is 1. The number of carbonyl (C=O) groups excluding carboxylic acids is 1. The average Bonchev–Trinajstić information content (AvgIpc) is 1.65. The van der Waals surface area contributed by atoms with Gasteiger partial charge in [-0.15, -0.1) is 0 Å². The molecule has 0 aromatic carbocycles. The molecular formula is C3H3LiO3P+. The van der Waals surface area contributed by atoms with Gasteiger partial charge in [0.05, 0.1) is 0 Å². The summed E-state index contributed by atoms with van der Waals surface area (Å²) in [5, 5.41) is 0. The van der Waals surface area contributed by atoms with E-state index in [9.17, 15) is 14.3 Å². The fourth-order valence-electron chi connectivity index (χ4n) is 0.0745. The van der Waals surface area contributed by atoms with E-state index in [1.807, 2.05) is 0 Å². The monoisotopic (exact) mass is 125 g/mol. The van der Waals surface area contributed by atoms with Crippen molar-refractivity contribution < 1.29 is 33.1 Å². The van der Waals surface area contributed by atoms with Gasteiger partial charge in [0.15, 0.2) is 0 Å². The first-order chi connectivity index (χ1) is 3.18. The molecule has 0 aliphatic carbocycles. The maximum absolute atomic E-state index is 9.80. The van der Waals surface area contributed by atoms with E-state index < -0.39 is 13.6 Å². The van der Waals surface area contributed by atoms with Gasteiger partial charge in [0.2, 0.25) is 0 Å². The largest absolute Gasteiger partial charge is 1.00 e. The molecule has 0 heterocycles. The van der Waals surface area contributed by atoms with Crippen molar-refractivity contribution >= 4 is 13.6 Å². The molecule has 0 aliphatic rings. The molecule has 3 nitrogen and oxygen atoms in total. The minimum atomic E-state index is -2.92. The van der Waals surface area contributed by atoms with Gasteiger partial charge in [-0.3, -0.25) is 0 Å². The molecule has 0 fully saturated rings. The van der Waals surface area contributed by atoms with Crippen LogP contribution in [0.4, 0.5) is 0 Å². The molecule has 1 unspecified atom stereocenters. The number of carbonyl (C=O) groups is 1. The van der Waals surface area contributed by atoms with Crippen molar-refractivity contribution in [1.29, 1.82) is 0 Å². The van der Waals surface area contributed by atoms with Crippen molar-refractivity contribution in [2.24, 2.45) is 0 Å². The molecular weight excluding hydrogens is 122 g/mol. The zero-order valence-electron chi connectivity index (χ0n) is 4.46. The Morgan fingerprint density at radius 2 is 2.12 bits per heavy atom. The van der Waals surface area contributed by atoms with E-state index in [1.165, 1.54) is 0 Å². The molecule has 0 aliphatic heterocycles. The molecule has 0 amide bonds. The van der Waals surface area contributed by atoms with Crippen LogP contribution in [-0.2, 0) is 9.36 Å². The van der Waals surface area contributed by atoms with Crippen LogP contribution in [0, 0.1) is 0 Å². The van der Waals surface area contributed by atoms with Crippen LogP contribution in [0.3, 0.4) is 0 Å². The third-order valence-corrected chi connectivity index (χ3v) is 0.897. The molecule has 0 rings (SSSR count). The van der Waals surface area contributed by atoms with Gasteiger partial charge in [-0.25, -0.2) is 4.79 Å². The van der Waals surface area contributed by atoms with Crippen LogP contribution in [-0.4, -0.2) is 5.52 Å². The second-order valence-electron chi connectivity index (χ2n) is 0.799. The quantitative estimate of drug-likeness (QED) is 0.222. The van der Waals surface area contributed by atoms with Gasteiger partial charge in [0.25, 0.3) is 0 Å². The molecule has 0 N–H and O–H groups in total. The van der Waals surface area contributed by atoms with Crippen LogP contribution in [0.15, 0.2) is 12.7 Å². The van der Waals surface area contributed by atoms with E-state index in [0.29, 0.717) is 0 Å². The van der Waals surface area contributed by atoms with Crippen LogP contribution >= 0.6 is 8.03 Å². The van der Waals surface area contributed by atoms with Gasteiger partial charge in [0.1, 0.15) is 0 Å². The second kappa shape index (κ2) is 5.21. The summed E-state index contributed by atoms with van der Waals surface area (Å²) in [6.07, 6.45) is 0.756. The maximum atomic E-state index is 9.80. The van der Waals surface area contributed by atoms with Crippen LogP contribution in [0.5, 0.6) is 0 Å². The summed E-state index contributed by atoms with van der Waals surface area (Å²) < 4.78 is 9.55. The molecule has 8 heavy (non-hydrogen) atoms. The standard InChI is InChI=1S/C3H3O3P.Li/c1-2-3(4)7(5)6;/h2H,1H2;/q;+1. The predicted molar refractivity (Wildman–Crippen MR) is 22.8 cm³/mol. The second-order valence-corrected chi connectivity index (χ2v) is 1.75. The van der Waals surface area contributed by atoms with Gasteiger partial charge in [-0.2, -0.15) is 0 Å². The van der Waals surface area contributed by atoms with E-state index >= 15 is 0 Å². The molecule has 0 radical (unpaired) electrons. The fraction of sp³-hybridized carbons (Fsp3) is 0. The summed E-state index contributed by atoms with van der Waals surface area (Å²) in [4.78, 5) is 19.3. The fourth-order valence-corrected chi connectivity index (χ4v) is 0.224. The Kier molecular flexibility index (Phi) is 7.13. The molecule has 0 saturated heterocycles. The Labute approximate surface area is 59.8 Å². The Morgan fingerprint density at radius 3 is 2.12 bits per heavy atom. The first-order valence-corrected chi connectivity index (χ1v) is 2.67. The van der Waals surface area contributed by atoms with Crippen molar-refractivity contribution in [2.45, 2.75) is 0 Å². The molecule has 0 bridgehead atoms. The summed E-state index contributed by atoms with van der Waals surface area (Å²) in [7, 11) is -2.92. The third-order valence-electron chi connectivity index (χ3n) is 0.355. The summed E-state index contributed by atoms with van der Waals surface area (Å²) in [5.41, 5.74) is -0.935. The van der Waals surface area contributed by atoms with Gasteiger partial charge in [-0.05, 0) is 0 Å². The van der Waals surface area contributed by atoms with Gasteiger partial charge in [0, 0.05) is 6.08 Å². The number of hydrogen-bond acceptors (Lipinski definition) is 3. The van der Waals surface area contributed by atoms with Crippen molar-refractivity contribution in [2.75, 3.05) is 0 Å². The Morgan fingerprint density at radius 1 is 1.75 bits per heavy atom. The van der Waals surface area contributed by atoms with Crippen LogP contribution in [0.1, 0.15) is 0 Å². The van der Waals surface area contributed by atoms with E-state index in [4.69, 9.17) is 0 Å². The minimum Gasteiger partial charge on any atom is -0.588 e. The minimum absolute atomic E-state index is 0. The van der Waals surface area contributed by atoms with Crippen molar-refractivity contribution in [3.05, 3.63) is 12.7 Å². The van der Waals surface area contributed by atoms with E-state index in [0.717, 1.165) is 6.08 Å². The summed E-state index contributed by atoms with van der Waals surface area (Å²) in [6.45, 7) is 2.95. The van der Waals surface area contributed by atoms with Crippen molar-refractivity contribution in [3.63, 3.8) is 0 Å². The zero-order chi connectivity index (χ0) is 5.86. The summed E-state index contributed by atoms with van der Waals surface area (Å²) >= 11 is 0. The average molecular weight is 125 g/mol. The molecule has 38 valence electrons. The Bertz CT molecular complexity index is 122. The summed E-state index contributed by atoms with van der Waals surface area (Å²) in [6, 6.07) is 0. The van der Waals surface area contributed by atoms with Crippen molar-refractivity contribution in [3.8, 4) is 0 Å². The predicted octanol–water partition coefficient (Wildman–Crippen LogP) is -3.19. The van der Waals surface area contributed by atoms with E-state index in [2.05, 4.69) is 6.58 Å². The molecule has 0 aromatic rings. The van der Waals surface area contributed by atoms with Crippen LogP contribution < -0.4 is 23.8 Å². The van der Waals surface area contributed by atoms with Crippen LogP contribution in [0.2, 0.25) is 0 Å². The smallest absolute Gasteiger partial charge is 0.588 e. The topological polar surface area (TPSA) is 57.2 Å². The first-order valence-electron chi connectivity index (χ1n) is 1.49. The van der Waals surface area contributed by atoms with Crippen LogP contribution in [0.25, 0.3) is 0 Å². The van der Waals surface area contributed by atoms with E-state index in [1.54, 1.807) is 0 Å². The summed E-state index contributed by atoms with van der Waals surface area (Å²) in [5.74, 6) is 0. The Hall–Kier alpha value is 0.0674. The Balaban J connectivity index is 0. The van der Waals surface area contributed by atoms with Gasteiger partial charge >= 0.3 is 32.4 Å².